The number of hydrogen-bond donors (Lipinski definition) is 2. The first-order valence-electron chi connectivity index (χ1n) is 6.14. The second-order valence-corrected chi connectivity index (χ2v) is 5.67. The molecule has 4 nitrogen and oxygen atoms in total. The van der Waals surface area contributed by atoms with Gasteiger partial charge < -0.3 is 10.3 Å². The van der Waals surface area contributed by atoms with Crippen LogP contribution in [0.3, 0.4) is 0 Å². The molecule has 3 aromatic rings. The van der Waals surface area contributed by atoms with Crippen molar-refractivity contribution in [2.24, 2.45) is 0 Å². The number of aromatic amines is 1. The zero-order chi connectivity index (χ0) is 13.9. The summed E-state index contributed by atoms with van der Waals surface area (Å²) in [6.07, 6.45) is 0. The van der Waals surface area contributed by atoms with Gasteiger partial charge in [0.15, 0.2) is 0 Å². The molecule has 0 atom stereocenters. The Bertz CT molecular complexity index is 796. The minimum absolute atomic E-state index is 0.0838. The van der Waals surface area contributed by atoms with Crippen LogP contribution in [0.1, 0.15) is 11.4 Å². The summed E-state index contributed by atoms with van der Waals surface area (Å²) in [5.74, 6) is 0.632. The molecule has 0 radical (unpaired) electrons. The number of halogens is 1. The van der Waals surface area contributed by atoms with Gasteiger partial charge in [0.2, 0.25) is 0 Å². The van der Waals surface area contributed by atoms with Crippen molar-refractivity contribution in [3.05, 3.63) is 62.5 Å². The molecular weight excluding hydrogens is 294 g/mol. The van der Waals surface area contributed by atoms with Gasteiger partial charge in [-0.05, 0) is 23.1 Å². The summed E-state index contributed by atoms with van der Waals surface area (Å²) < 4.78 is 0.667. The van der Waals surface area contributed by atoms with Crippen LogP contribution in [0.15, 0.2) is 40.5 Å². The average Bonchev–Trinajstić information content (AvgIpc) is 2.90. The molecule has 0 spiro atoms. The van der Waals surface area contributed by atoms with Crippen LogP contribution in [-0.4, -0.2) is 9.97 Å². The molecule has 2 aromatic heterocycles. The fourth-order valence-electron chi connectivity index (χ4n) is 1.96. The Kier molecular flexibility index (Phi) is 3.82. The zero-order valence-electron chi connectivity index (χ0n) is 10.5. The number of H-pyrrole nitrogens is 1. The lowest BCUT2D eigenvalue weighted by molar-refractivity contribution is 0.663. The standard InChI is InChI=1S/C14H12ClN3OS/c15-10-4-2-1-3-9(10)7-16-8-12-17-11-5-6-20-13(11)14(19)18-12/h1-6,16H,7-8H2,(H,17,18,19). The number of benzene rings is 1. The lowest BCUT2D eigenvalue weighted by atomic mass is 10.2. The Balaban J connectivity index is 1.71. The molecule has 0 aliphatic carbocycles. The van der Waals surface area contributed by atoms with Crippen molar-refractivity contribution >= 4 is 33.2 Å². The van der Waals surface area contributed by atoms with Crippen LogP contribution in [-0.2, 0) is 13.1 Å². The molecule has 1 aromatic carbocycles. The normalized spacial score (nSPS) is 11.1. The lowest BCUT2D eigenvalue weighted by Gasteiger charge is -2.06. The smallest absolute Gasteiger partial charge is 0.268 e. The van der Waals surface area contributed by atoms with Crippen molar-refractivity contribution in [3.8, 4) is 0 Å². The van der Waals surface area contributed by atoms with Gasteiger partial charge in [-0.2, -0.15) is 0 Å². The largest absolute Gasteiger partial charge is 0.308 e. The van der Waals surface area contributed by atoms with Crippen molar-refractivity contribution in [2.45, 2.75) is 13.1 Å². The number of hydrogen-bond acceptors (Lipinski definition) is 4. The van der Waals surface area contributed by atoms with E-state index < -0.39 is 0 Å². The molecule has 0 fully saturated rings. The van der Waals surface area contributed by atoms with Gasteiger partial charge in [0.1, 0.15) is 10.5 Å². The molecule has 2 N–H and O–H groups in total. The van der Waals surface area contributed by atoms with Crippen LogP contribution in [0.5, 0.6) is 0 Å². The summed E-state index contributed by atoms with van der Waals surface area (Å²) in [6, 6.07) is 9.52. The molecule has 2 heterocycles. The number of nitrogens with zero attached hydrogens (tertiary/aromatic N) is 1. The van der Waals surface area contributed by atoms with E-state index in [-0.39, 0.29) is 5.56 Å². The Morgan fingerprint density at radius 3 is 2.95 bits per heavy atom. The molecule has 20 heavy (non-hydrogen) atoms. The molecule has 0 bridgehead atoms. The number of fused-ring (bicyclic) bond motifs is 1. The van der Waals surface area contributed by atoms with Gasteiger partial charge >= 0.3 is 0 Å². The molecule has 6 heteroatoms. The van der Waals surface area contributed by atoms with E-state index in [9.17, 15) is 4.79 Å². The van der Waals surface area contributed by atoms with Gasteiger partial charge in [0, 0.05) is 11.6 Å². The van der Waals surface area contributed by atoms with E-state index in [4.69, 9.17) is 11.6 Å². The summed E-state index contributed by atoms with van der Waals surface area (Å²) in [4.78, 5) is 19.0. The van der Waals surface area contributed by atoms with Gasteiger partial charge in [-0.25, -0.2) is 4.98 Å². The maximum absolute atomic E-state index is 11.8. The highest BCUT2D eigenvalue weighted by Gasteiger charge is 2.05. The van der Waals surface area contributed by atoms with Gasteiger partial charge in [-0.3, -0.25) is 4.79 Å². The predicted molar refractivity (Wildman–Crippen MR) is 82.2 cm³/mol. The van der Waals surface area contributed by atoms with E-state index in [1.165, 1.54) is 11.3 Å². The van der Waals surface area contributed by atoms with Gasteiger partial charge in [0.05, 0.1) is 12.1 Å². The molecule has 0 saturated carbocycles. The predicted octanol–water partition coefficient (Wildman–Crippen LogP) is 2.93. The Morgan fingerprint density at radius 2 is 2.10 bits per heavy atom. The van der Waals surface area contributed by atoms with E-state index >= 15 is 0 Å². The third kappa shape index (κ3) is 2.75. The molecule has 0 unspecified atom stereocenters. The monoisotopic (exact) mass is 305 g/mol. The summed E-state index contributed by atoms with van der Waals surface area (Å²) >= 11 is 7.48. The summed E-state index contributed by atoms with van der Waals surface area (Å²) in [5, 5.41) is 5.83. The third-order valence-electron chi connectivity index (χ3n) is 2.93. The van der Waals surface area contributed by atoms with E-state index in [1.807, 2.05) is 35.7 Å². The Morgan fingerprint density at radius 1 is 1.25 bits per heavy atom. The van der Waals surface area contributed by atoms with Crippen molar-refractivity contribution in [3.63, 3.8) is 0 Å². The first-order valence-corrected chi connectivity index (χ1v) is 7.40. The van der Waals surface area contributed by atoms with Crippen molar-refractivity contribution in [1.29, 1.82) is 0 Å². The van der Waals surface area contributed by atoms with Crippen molar-refractivity contribution in [2.75, 3.05) is 0 Å². The molecule has 102 valence electrons. The Hall–Kier alpha value is -1.69. The summed E-state index contributed by atoms with van der Waals surface area (Å²) in [6.45, 7) is 1.12. The van der Waals surface area contributed by atoms with Crippen LogP contribution in [0.4, 0.5) is 0 Å². The quantitative estimate of drug-likeness (QED) is 0.779. The second kappa shape index (κ2) is 5.75. The molecule has 0 saturated heterocycles. The summed E-state index contributed by atoms with van der Waals surface area (Å²) in [7, 11) is 0. The second-order valence-electron chi connectivity index (χ2n) is 4.34. The van der Waals surface area contributed by atoms with E-state index in [1.54, 1.807) is 0 Å². The number of nitrogens with one attached hydrogen (secondary N) is 2. The van der Waals surface area contributed by atoms with Crippen molar-refractivity contribution in [1.82, 2.24) is 15.3 Å². The van der Waals surface area contributed by atoms with Crippen LogP contribution < -0.4 is 10.9 Å². The van der Waals surface area contributed by atoms with Gasteiger partial charge in [-0.1, -0.05) is 29.8 Å². The fraction of sp³-hybridized carbons (Fsp3) is 0.143. The molecule has 0 aliphatic rings. The van der Waals surface area contributed by atoms with Crippen molar-refractivity contribution < 1.29 is 0 Å². The minimum atomic E-state index is -0.0838. The SMILES string of the molecule is O=c1[nH]c(CNCc2ccccc2Cl)nc2ccsc12. The first kappa shape index (κ1) is 13.3. The minimum Gasteiger partial charge on any atom is -0.308 e. The fourth-order valence-corrected chi connectivity index (χ4v) is 2.89. The number of rotatable bonds is 4. The van der Waals surface area contributed by atoms with Gasteiger partial charge in [0.25, 0.3) is 5.56 Å². The van der Waals surface area contributed by atoms with E-state index in [0.717, 1.165) is 16.1 Å². The lowest BCUT2D eigenvalue weighted by Crippen LogP contribution is -2.18. The summed E-state index contributed by atoms with van der Waals surface area (Å²) in [5.41, 5.74) is 1.68. The topological polar surface area (TPSA) is 57.8 Å². The molecule has 0 aliphatic heterocycles. The molecule has 3 rings (SSSR count). The van der Waals surface area contributed by atoms with E-state index in [2.05, 4.69) is 15.3 Å². The molecular formula is C14H12ClN3OS. The highest BCUT2D eigenvalue weighted by Crippen LogP contribution is 2.15. The highest BCUT2D eigenvalue weighted by atomic mass is 35.5. The number of thiophene rings is 1. The van der Waals surface area contributed by atoms with Crippen LogP contribution in [0.2, 0.25) is 5.02 Å². The maximum Gasteiger partial charge on any atom is 0.268 e. The average molecular weight is 306 g/mol. The first-order chi connectivity index (χ1) is 9.74. The zero-order valence-corrected chi connectivity index (χ0v) is 12.1. The third-order valence-corrected chi connectivity index (χ3v) is 4.20. The van der Waals surface area contributed by atoms with Crippen LogP contribution >= 0.6 is 22.9 Å². The molecule has 0 amide bonds. The van der Waals surface area contributed by atoms with Gasteiger partial charge in [-0.15, -0.1) is 11.3 Å². The maximum atomic E-state index is 11.8. The Labute approximate surface area is 124 Å². The van der Waals surface area contributed by atoms with E-state index in [0.29, 0.717) is 23.6 Å². The highest BCUT2D eigenvalue weighted by molar-refractivity contribution is 7.17. The van der Waals surface area contributed by atoms with Crippen LogP contribution in [0, 0.1) is 0 Å². The number of aromatic nitrogens is 2. The van der Waals surface area contributed by atoms with Crippen LogP contribution in [0.25, 0.3) is 10.2 Å².